The molecule has 1 aromatic rings. The zero-order valence-electron chi connectivity index (χ0n) is 16.9. The van der Waals surface area contributed by atoms with Crippen LogP contribution in [0.25, 0.3) is 0 Å². The standard InChI is InChI=1S/C20H32N4O3S/c1-21-20(23-16-11-13-24(15-16)17-5-3-4-6-17)22-12-14-27-18-7-9-19(10-8-18)28(2,25)26/h7-10,16-17H,3-6,11-15H2,1-2H3,(H2,21,22,23). The molecule has 1 heterocycles. The lowest BCUT2D eigenvalue weighted by Crippen LogP contribution is -2.46. The Morgan fingerprint density at radius 1 is 1.21 bits per heavy atom. The molecule has 1 saturated heterocycles. The summed E-state index contributed by atoms with van der Waals surface area (Å²) in [7, 11) is -1.39. The Hall–Kier alpha value is -1.80. The number of benzene rings is 1. The van der Waals surface area contributed by atoms with E-state index in [1.165, 1.54) is 38.5 Å². The third kappa shape index (κ3) is 5.85. The summed E-state index contributed by atoms with van der Waals surface area (Å²) in [4.78, 5) is 7.23. The van der Waals surface area contributed by atoms with Gasteiger partial charge in [0, 0.05) is 38.5 Å². The molecule has 28 heavy (non-hydrogen) atoms. The molecule has 2 N–H and O–H groups in total. The average Bonchev–Trinajstić information content (AvgIpc) is 3.35. The van der Waals surface area contributed by atoms with E-state index in [0.29, 0.717) is 29.8 Å². The van der Waals surface area contributed by atoms with Gasteiger partial charge >= 0.3 is 0 Å². The van der Waals surface area contributed by atoms with Crippen LogP contribution in [-0.4, -0.2) is 70.9 Å². The van der Waals surface area contributed by atoms with E-state index in [2.05, 4.69) is 20.5 Å². The quantitative estimate of drug-likeness (QED) is 0.406. The van der Waals surface area contributed by atoms with Crippen molar-refractivity contribution in [2.45, 2.75) is 49.1 Å². The van der Waals surface area contributed by atoms with E-state index >= 15 is 0 Å². The third-order valence-electron chi connectivity index (χ3n) is 5.54. The number of nitrogens with one attached hydrogen (secondary N) is 2. The van der Waals surface area contributed by atoms with Crippen molar-refractivity contribution < 1.29 is 13.2 Å². The zero-order valence-corrected chi connectivity index (χ0v) is 17.7. The van der Waals surface area contributed by atoms with Crippen molar-refractivity contribution in [2.24, 2.45) is 4.99 Å². The first kappa shape index (κ1) is 20.9. The van der Waals surface area contributed by atoms with Gasteiger partial charge in [0.2, 0.25) is 0 Å². The van der Waals surface area contributed by atoms with E-state index in [9.17, 15) is 8.42 Å². The molecule has 1 saturated carbocycles. The Morgan fingerprint density at radius 2 is 1.93 bits per heavy atom. The minimum atomic E-state index is -3.18. The number of nitrogens with zero attached hydrogens (tertiary/aromatic N) is 2. The van der Waals surface area contributed by atoms with Crippen molar-refractivity contribution in [3.63, 3.8) is 0 Å². The molecular formula is C20H32N4O3S. The molecule has 1 aliphatic heterocycles. The summed E-state index contributed by atoms with van der Waals surface area (Å²) in [5, 5.41) is 6.80. The molecule has 1 unspecified atom stereocenters. The molecule has 0 spiro atoms. The molecule has 3 rings (SSSR count). The molecule has 0 amide bonds. The van der Waals surface area contributed by atoms with Gasteiger partial charge in [0.15, 0.2) is 15.8 Å². The molecule has 2 aliphatic rings. The lowest BCUT2D eigenvalue weighted by molar-refractivity contribution is 0.242. The van der Waals surface area contributed by atoms with Gasteiger partial charge in [-0.25, -0.2) is 8.42 Å². The number of aliphatic imine (C=N–C) groups is 1. The van der Waals surface area contributed by atoms with Crippen LogP contribution in [0.5, 0.6) is 5.75 Å². The van der Waals surface area contributed by atoms with E-state index < -0.39 is 9.84 Å². The SMILES string of the molecule is CN=C(NCCOc1ccc(S(C)(=O)=O)cc1)NC1CCN(C2CCCC2)C1. The van der Waals surface area contributed by atoms with Crippen LogP contribution in [0, 0.1) is 0 Å². The van der Waals surface area contributed by atoms with Gasteiger partial charge < -0.3 is 15.4 Å². The number of likely N-dealkylation sites (tertiary alicyclic amines) is 1. The maximum absolute atomic E-state index is 11.5. The van der Waals surface area contributed by atoms with Gasteiger partial charge in [0.1, 0.15) is 12.4 Å². The van der Waals surface area contributed by atoms with Crippen molar-refractivity contribution in [2.75, 3.05) is 39.5 Å². The molecule has 2 fully saturated rings. The Kier molecular flexibility index (Phi) is 7.18. The molecule has 1 aliphatic carbocycles. The number of sulfone groups is 1. The summed E-state index contributed by atoms with van der Waals surface area (Å²) < 4.78 is 28.6. The molecule has 0 radical (unpaired) electrons. The summed E-state index contributed by atoms with van der Waals surface area (Å²) in [6, 6.07) is 7.71. The van der Waals surface area contributed by atoms with Gasteiger partial charge in [-0.15, -0.1) is 0 Å². The highest BCUT2D eigenvalue weighted by Crippen LogP contribution is 2.26. The largest absolute Gasteiger partial charge is 0.492 e. The highest BCUT2D eigenvalue weighted by atomic mass is 32.2. The predicted molar refractivity (Wildman–Crippen MR) is 112 cm³/mol. The lowest BCUT2D eigenvalue weighted by atomic mass is 10.2. The number of rotatable bonds is 7. The monoisotopic (exact) mass is 408 g/mol. The second-order valence-electron chi connectivity index (χ2n) is 7.65. The fourth-order valence-corrected chi connectivity index (χ4v) is 4.65. The maximum Gasteiger partial charge on any atom is 0.191 e. The fourth-order valence-electron chi connectivity index (χ4n) is 4.02. The van der Waals surface area contributed by atoms with E-state index in [4.69, 9.17) is 4.74 Å². The van der Waals surface area contributed by atoms with Gasteiger partial charge in [0.05, 0.1) is 11.4 Å². The summed E-state index contributed by atoms with van der Waals surface area (Å²) in [5.41, 5.74) is 0. The lowest BCUT2D eigenvalue weighted by Gasteiger charge is -2.24. The van der Waals surface area contributed by atoms with Crippen molar-refractivity contribution in [3.8, 4) is 5.75 Å². The smallest absolute Gasteiger partial charge is 0.191 e. The van der Waals surface area contributed by atoms with Gasteiger partial charge in [-0.3, -0.25) is 9.89 Å². The van der Waals surface area contributed by atoms with Crippen LogP contribution in [0.2, 0.25) is 0 Å². The van der Waals surface area contributed by atoms with Crippen molar-refractivity contribution in [3.05, 3.63) is 24.3 Å². The number of guanidine groups is 1. The molecule has 8 heteroatoms. The van der Waals surface area contributed by atoms with E-state index in [-0.39, 0.29) is 0 Å². The number of hydrogen-bond acceptors (Lipinski definition) is 5. The van der Waals surface area contributed by atoms with Gasteiger partial charge in [0.25, 0.3) is 0 Å². The first-order chi connectivity index (χ1) is 13.5. The Labute approximate surface area is 168 Å². The van der Waals surface area contributed by atoms with Crippen molar-refractivity contribution in [1.29, 1.82) is 0 Å². The Balaban J connectivity index is 1.36. The van der Waals surface area contributed by atoms with Gasteiger partial charge in [-0.1, -0.05) is 12.8 Å². The van der Waals surface area contributed by atoms with Crippen molar-refractivity contribution >= 4 is 15.8 Å². The van der Waals surface area contributed by atoms with Crippen LogP contribution in [-0.2, 0) is 9.84 Å². The van der Waals surface area contributed by atoms with E-state index in [1.54, 1.807) is 31.3 Å². The normalized spacial score (nSPS) is 21.8. The first-order valence-electron chi connectivity index (χ1n) is 10.1. The Morgan fingerprint density at radius 3 is 2.57 bits per heavy atom. The second kappa shape index (κ2) is 9.60. The minimum absolute atomic E-state index is 0.297. The third-order valence-corrected chi connectivity index (χ3v) is 6.67. The molecule has 156 valence electrons. The number of ether oxygens (including phenoxy) is 1. The van der Waals surface area contributed by atoms with Crippen LogP contribution >= 0.6 is 0 Å². The van der Waals surface area contributed by atoms with E-state index in [1.807, 2.05) is 0 Å². The highest BCUT2D eigenvalue weighted by Gasteiger charge is 2.30. The van der Waals surface area contributed by atoms with Crippen molar-refractivity contribution in [1.82, 2.24) is 15.5 Å². The van der Waals surface area contributed by atoms with Crippen LogP contribution in [0.1, 0.15) is 32.1 Å². The maximum atomic E-state index is 11.5. The number of hydrogen-bond donors (Lipinski definition) is 2. The van der Waals surface area contributed by atoms with Crippen LogP contribution in [0.15, 0.2) is 34.2 Å². The second-order valence-corrected chi connectivity index (χ2v) is 9.67. The topological polar surface area (TPSA) is 83.0 Å². The van der Waals surface area contributed by atoms with Gasteiger partial charge in [-0.05, 0) is 43.5 Å². The predicted octanol–water partition coefficient (Wildman–Crippen LogP) is 1.65. The molecule has 7 nitrogen and oxygen atoms in total. The van der Waals surface area contributed by atoms with Crippen LogP contribution in [0.3, 0.4) is 0 Å². The molecule has 0 bridgehead atoms. The average molecular weight is 409 g/mol. The van der Waals surface area contributed by atoms with Crippen LogP contribution < -0.4 is 15.4 Å². The first-order valence-corrected chi connectivity index (χ1v) is 12.0. The Bertz CT molecular complexity index is 758. The highest BCUT2D eigenvalue weighted by molar-refractivity contribution is 7.90. The summed E-state index contributed by atoms with van der Waals surface area (Å²) in [6.07, 6.45) is 7.80. The fraction of sp³-hybridized carbons (Fsp3) is 0.650. The summed E-state index contributed by atoms with van der Waals surface area (Å²) in [6.45, 7) is 3.35. The molecule has 1 atom stereocenters. The van der Waals surface area contributed by atoms with E-state index in [0.717, 1.165) is 25.0 Å². The summed E-state index contributed by atoms with van der Waals surface area (Å²) >= 11 is 0. The summed E-state index contributed by atoms with van der Waals surface area (Å²) in [5.74, 6) is 1.45. The molecular weight excluding hydrogens is 376 g/mol. The zero-order chi connectivity index (χ0) is 20.0. The van der Waals surface area contributed by atoms with Crippen LogP contribution in [0.4, 0.5) is 0 Å². The molecule has 0 aromatic heterocycles. The minimum Gasteiger partial charge on any atom is -0.492 e. The van der Waals surface area contributed by atoms with Gasteiger partial charge in [-0.2, -0.15) is 0 Å². The molecule has 1 aromatic carbocycles.